The van der Waals surface area contributed by atoms with Gasteiger partial charge in [-0.1, -0.05) is 39.5 Å². The summed E-state index contributed by atoms with van der Waals surface area (Å²) in [4.78, 5) is 0. The molecule has 13 heavy (non-hydrogen) atoms. The quantitative estimate of drug-likeness (QED) is 0.655. The topological polar surface area (TPSA) is 26.0 Å². The van der Waals surface area contributed by atoms with E-state index in [2.05, 4.69) is 46.4 Å². The van der Waals surface area contributed by atoms with Crippen molar-refractivity contribution >= 4 is 0 Å². The molecule has 0 saturated carbocycles. The summed E-state index contributed by atoms with van der Waals surface area (Å²) in [6.45, 7) is 12.6. The van der Waals surface area contributed by atoms with Crippen LogP contribution in [0.4, 0.5) is 0 Å². The smallest absolute Gasteiger partial charge is 0.0349 e. The van der Waals surface area contributed by atoms with Gasteiger partial charge in [-0.2, -0.15) is 0 Å². The van der Waals surface area contributed by atoms with Crippen LogP contribution >= 0.6 is 0 Å². The number of nitrogens with two attached hydrogens (primary N) is 1. The first kappa shape index (κ1) is 10.3. The lowest BCUT2D eigenvalue weighted by Gasteiger charge is -2.29. The summed E-state index contributed by atoms with van der Waals surface area (Å²) in [5.74, 6) is 0. The molecule has 0 bridgehead atoms. The Labute approximate surface area is 81.0 Å². The Hall–Kier alpha value is -0.820. The molecule has 0 saturated heterocycles. The maximum atomic E-state index is 6.15. The molecule has 1 nitrogen and oxygen atoms in total. The van der Waals surface area contributed by atoms with E-state index in [1.54, 1.807) is 0 Å². The van der Waals surface area contributed by atoms with E-state index in [9.17, 15) is 0 Å². The lowest BCUT2D eigenvalue weighted by atomic mass is 9.81. The molecule has 0 spiro atoms. The van der Waals surface area contributed by atoms with Crippen molar-refractivity contribution in [3.8, 4) is 0 Å². The average Bonchev–Trinajstić information content (AvgIpc) is 2.30. The number of allylic oxidation sites excluding steroid dienone is 3. The highest BCUT2D eigenvalue weighted by Crippen LogP contribution is 2.32. The minimum absolute atomic E-state index is 0.0775. The fourth-order valence-corrected chi connectivity index (χ4v) is 1.40. The van der Waals surface area contributed by atoms with E-state index in [1.165, 1.54) is 11.1 Å². The van der Waals surface area contributed by atoms with Crippen LogP contribution in [0.25, 0.3) is 0 Å². The summed E-state index contributed by atoms with van der Waals surface area (Å²) in [7, 11) is 0. The number of rotatable bonds is 1. The predicted octanol–water partition coefficient (Wildman–Crippen LogP) is 2.80. The van der Waals surface area contributed by atoms with Crippen LogP contribution in [0.3, 0.4) is 0 Å². The van der Waals surface area contributed by atoms with Crippen LogP contribution in [0.1, 0.15) is 27.7 Å². The zero-order valence-electron chi connectivity index (χ0n) is 9.02. The second kappa shape index (κ2) is 3.15. The molecule has 2 N–H and O–H groups in total. The fraction of sp³-hybridized carbons (Fsp3) is 0.500. The lowest BCUT2D eigenvalue weighted by molar-refractivity contribution is 0.357. The van der Waals surface area contributed by atoms with Gasteiger partial charge in [0.25, 0.3) is 0 Å². The zero-order valence-corrected chi connectivity index (χ0v) is 9.02. The van der Waals surface area contributed by atoms with Gasteiger partial charge in [-0.15, -0.1) is 0 Å². The van der Waals surface area contributed by atoms with E-state index < -0.39 is 0 Å². The molecule has 0 radical (unpaired) electrons. The summed E-state index contributed by atoms with van der Waals surface area (Å²) in [6.07, 6.45) is 4.18. The van der Waals surface area contributed by atoms with Crippen LogP contribution in [-0.4, -0.2) is 6.04 Å². The summed E-state index contributed by atoms with van der Waals surface area (Å²) in [5.41, 5.74) is 9.77. The van der Waals surface area contributed by atoms with Crippen LogP contribution in [0.2, 0.25) is 0 Å². The summed E-state index contributed by atoms with van der Waals surface area (Å²) < 4.78 is 0. The largest absolute Gasteiger partial charge is 0.323 e. The van der Waals surface area contributed by atoms with Crippen molar-refractivity contribution in [2.45, 2.75) is 33.7 Å². The normalized spacial score (nSPS) is 19.9. The van der Waals surface area contributed by atoms with Crippen LogP contribution in [0.5, 0.6) is 0 Å². The van der Waals surface area contributed by atoms with E-state index in [0.717, 1.165) is 5.57 Å². The zero-order chi connectivity index (χ0) is 10.2. The first-order valence-corrected chi connectivity index (χ1v) is 4.67. The molecule has 1 aliphatic rings. The van der Waals surface area contributed by atoms with E-state index >= 15 is 0 Å². The van der Waals surface area contributed by atoms with Crippen molar-refractivity contribution in [3.63, 3.8) is 0 Å². The van der Waals surface area contributed by atoms with Gasteiger partial charge in [-0.05, 0) is 29.1 Å². The van der Waals surface area contributed by atoms with Crippen molar-refractivity contribution in [3.05, 3.63) is 35.5 Å². The van der Waals surface area contributed by atoms with Crippen LogP contribution in [0.15, 0.2) is 35.5 Å². The third-order valence-corrected chi connectivity index (χ3v) is 2.61. The Balaban J connectivity index is 2.84. The Kier molecular flexibility index (Phi) is 2.49. The van der Waals surface area contributed by atoms with Crippen molar-refractivity contribution in [2.75, 3.05) is 0 Å². The molecule has 72 valence electrons. The van der Waals surface area contributed by atoms with Gasteiger partial charge in [0.15, 0.2) is 0 Å². The van der Waals surface area contributed by atoms with Gasteiger partial charge in [-0.3, -0.25) is 0 Å². The predicted molar refractivity (Wildman–Crippen MR) is 58.4 cm³/mol. The molecule has 0 aromatic heterocycles. The molecule has 1 aliphatic carbocycles. The van der Waals surface area contributed by atoms with Gasteiger partial charge in [0.05, 0.1) is 0 Å². The Morgan fingerprint density at radius 2 is 1.85 bits per heavy atom. The van der Waals surface area contributed by atoms with Gasteiger partial charge in [0.2, 0.25) is 0 Å². The van der Waals surface area contributed by atoms with Crippen LogP contribution in [-0.2, 0) is 0 Å². The summed E-state index contributed by atoms with van der Waals surface area (Å²) in [6, 6.07) is 0.0775. The third kappa shape index (κ3) is 1.92. The highest BCUT2D eigenvalue weighted by atomic mass is 14.7. The number of hydrogen-bond acceptors (Lipinski definition) is 1. The van der Waals surface area contributed by atoms with Gasteiger partial charge >= 0.3 is 0 Å². The maximum absolute atomic E-state index is 6.15. The molecule has 0 aromatic rings. The molecule has 1 atom stereocenters. The van der Waals surface area contributed by atoms with Crippen molar-refractivity contribution in [1.29, 1.82) is 0 Å². The summed E-state index contributed by atoms with van der Waals surface area (Å²) >= 11 is 0. The minimum Gasteiger partial charge on any atom is -0.323 e. The second-order valence-electron chi connectivity index (χ2n) is 4.79. The molecule has 1 rings (SSSR count). The molecule has 0 fully saturated rings. The maximum Gasteiger partial charge on any atom is 0.0349 e. The van der Waals surface area contributed by atoms with E-state index in [-0.39, 0.29) is 11.5 Å². The minimum atomic E-state index is 0.0775. The molecular weight excluding hydrogens is 158 g/mol. The second-order valence-corrected chi connectivity index (χ2v) is 4.79. The lowest BCUT2D eigenvalue weighted by Crippen LogP contribution is -2.36. The Morgan fingerprint density at radius 1 is 1.31 bits per heavy atom. The van der Waals surface area contributed by atoms with Gasteiger partial charge in [0.1, 0.15) is 0 Å². The van der Waals surface area contributed by atoms with Crippen LogP contribution in [0, 0.1) is 5.41 Å². The highest BCUT2D eigenvalue weighted by Gasteiger charge is 2.27. The first-order chi connectivity index (χ1) is 5.84. The monoisotopic (exact) mass is 177 g/mol. The fourth-order valence-electron chi connectivity index (χ4n) is 1.40. The standard InChI is InChI=1S/C12H19N/c1-8-6-7-10(9(8)2)11(13)12(3,4)5/h6-7,11H,2,13H2,1,3-5H3/t11-/m0/s1. The van der Waals surface area contributed by atoms with Gasteiger partial charge in [-0.25, -0.2) is 0 Å². The third-order valence-electron chi connectivity index (χ3n) is 2.61. The first-order valence-electron chi connectivity index (χ1n) is 4.67. The van der Waals surface area contributed by atoms with Crippen molar-refractivity contribution < 1.29 is 0 Å². The number of hydrogen-bond donors (Lipinski definition) is 1. The van der Waals surface area contributed by atoms with E-state index in [1.807, 2.05) is 0 Å². The molecule has 1 heteroatoms. The molecule has 0 amide bonds. The van der Waals surface area contributed by atoms with E-state index in [0.29, 0.717) is 0 Å². The van der Waals surface area contributed by atoms with E-state index in [4.69, 9.17) is 5.73 Å². The van der Waals surface area contributed by atoms with Crippen LogP contribution < -0.4 is 5.73 Å². The molecule has 0 aliphatic heterocycles. The highest BCUT2D eigenvalue weighted by molar-refractivity contribution is 5.54. The Bertz CT molecular complexity index is 287. The molecule has 0 aromatic carbocycles. The Morgan fingerprint density at radius 3 is 2.15 bits per heavy atom. The molecule has 0 heterocycles. The van der Waals surface area contributed by atoms with Crippen molar-refractivity contribution in [2.24, 2.45) is 11.1 Å². The molecular formula is C12H19N. The summed E-state index contributed by atoms with van der Waals surface area (Å²) in [5, 5.41) is 0. The molecule has 0 unspecified atom stereocenters. The van der Waals surface area contributed by atoms with Gasteiger partial charge < -0.3 is 5.73 Å². The van der Waals surface area contributed by atoms with Gasteiger partial charge in [0, 0.05) is 6.04 Å². The van der Waals surface area contributed by atoms with Crippen molar-refractivity contribution in [1.82, 2.24) is 0 Å². The SMILES string of the molecule is C=C1C(C)=CC=C1[C@H](N)C(C)(C)C. The average molecular weight is 177 g/mol.